The first kappa shape index (κ1) is 20.7. The molecule has 0 radical (unpaired) electrons. The molecule has 1 heterocycles. The topological polar surface area (TPSA) is 41.6 Å². The molecule has 1 unspecified atom stereocenters. The molecule has 150 valence electrons. The van der Waals surface area contributed by atoms with Crippen molar-refractivity contribution in [3.63, 3.8) is 0 Å². The van der Waals surface area contributed by atoms with Crippen molar-refractivity contribution in [2.45, 2.75) is 32.8 Å². The molecule has 28 heavy (non-hydrogen) atoms. The highest BCUT2D eigenvalue weighted by Gasteiger charge is 2.15. The van der Waals surface area contributed by atoms with Crippen LogP contribution in [0.4, 0.5) is 0 Å². The van der Waals surface area contributed by atoms with Crippen LogP contribution in [0.15, 0.2) is 48.5 Å². The lowest BCUT2D eigenvalue weighted by atomic mass is 10.0. The van der Waals surface area contributed by atoms with E-state index < -0.39 is 0 Å². The lowest BCUT2D eigenvalue weighted by molar-refractivity contribution is 0.0949. The highest BCUT2D eigenvalue weighted by molar-refractivity contribution is 6.31. The first-order valence-corrected chi connectivity index (χ1v) is 10.5. The summed E-state index contributed by atoms with van der Waals surface area (Å²) in [5.74, 6) is 1.39. The Hall–Kier alpha value is -2.04. The van der Waals surface area contributed by atoms with Gasteiger partial charge in [-0.05, 0) is 62.5 Å². The molecule has 0 spiro atoms. The van der Waals surface area contributed by atoms with E-state index in [-0.39, 0.29) is 5.91 Å². The summed E-state index contributed by atoms with van der Waals surface area (Å²) in [6, 6.07) is 14.9. The number of rotatable bonds is 8. The number of carbonyl (C=O) groups is 1. The Morgan fingerprint density at radius 1 is 1.25 bits per heavy atom. The van der Waals surface area contributed by atoms with Crippen LogP contribution in [0.25, 0.3) is 0 Å². The molecular formula is C23H29ClN2O2. The van der Waals surface area contributed by atoms with Gasteiger partial charge in [0.1, 0.15) is 12.4 Å². The minimum absolute atomic E-state index is 0.0600. The molecule has 0 aliphatic carbocycles. The highest BCUT2D eigenvalue weighted by atomic mass is 35.5. The van der Waals surface area contributed by atoms with E-state index in [1.165, 1.54) is 25.9 Å². The van der Waals surface area contributed by atoms with Crippen molar-refractivity contribution < 1.29 is 9.53 Å². The molecule has 1 atom stereocenters. The smallest absolute Gasteiger partial charge is 0.251 e. The van der Waals surface area contributed by atoms with Gasteiger partial charge >= 0.3 is 0 Å². The standard InChI is InChI=1S/C23H29ClN2O2/c1-18-7-5-13-26(16-18)14-6-12-25-23(27)19-9-4-10-21(15-19)28-17-20-8-2-3-11-22(20)24/h2-4,8-11,15,18H,5-7,12-14,16-17H2,1H3,(H,25,27). The quantitative estimate of drug-likeness (QED) is 0.649. The largest absolute Gasteiger partial charge is 0.489 e. The second-order valence-corrected chi connectivity index (χ2v) is 7.97. The average molecular weight is 401 g/mol. The Morgan fingerprint density at radius 2 is 2.11 bits per heavy atom. The monoisotopic (exact) mass is 400 g/mol. The SMILES string of the molecule is CC1CCCN(CCCNC(=O)c2cccc(OCc3ccccc3Cl)c2)C1. The van der Waals surface area contributed by atoms with Gasteiger partial charge in [-0.1, -0.05) is 42.8 Å². The summed E-state index contributed by atoms with van der Waals surface area (Å²) in [5.41, 5.74) is 1.54. The van der Waals surface area contributed by atoms with Gasteiger partial charge in [-0.25, -0.2) is 0 Å². The van der Waals surface area contributed by atoms with E-state index in [1.807, 2.05) is 42.5 Å². The van der Waals surface area contributed by atoms with Crippen molar-refractivity contribution in [3.8, 4) is 5.75 Å². The van der Waals surface area contributed by atoms with E-state index in [2.05, 4.69) is 17.1 Å². The van der Waals surface area contributed by atoms with E-state index in [9.17, 15) is 4.79 Å². The fourth-order valence-corrected chi connectivity index (χ4v) is 3.79. The van der Waals surface area contributed by atoms with Crippen molar-refractivity contribution >= 4 is 17.5 Å². The first-order chi connectivity index (χ1) is 13.6. The van der Waals surface area contributed by atoms with Crippen molar-refractivity contribution in [2.24, 2.45) is 5.92 Å². The number of hydrogen-bond acceptors (Lipinski definition) is 3. The maximum absolute atomic E-state index is 12.4. The number of benzene rings is 2. The molecular weight excluding hydrogens is 372 g/mol. The number of ether oxygens (including phenoxy) is 1. The fourth-order valence-electron chi connectivity index (χ4n) is 3.60. The Bertz CT molecular complexity index is 781. The van der Waals surface area contributed by atoms with Crippen molar-refractivity contribution in [1.29, 1.82) is 0 Å². The van der Waals surface area contributed by atoms with E-state index in [0.717, 1.165) is 24.4 Å². The van der Waals surface area contributed by atoms with Gasteiger partial charge in [0.15, 0.2) is 0 Å². The van der Waals surface area contributed by atoms with Gasteiger partial charge in [-0.2, -0.15) is 0 Å². The zero-order valence-electron chi connectivity index (χ0n) is 16.5. The summed E-state index contributed by atoms with van der Waals surface area (Å²) < 4.78 is 5.81. The van der Waals surface area contributed by atoms with E-state index in [1.54, 1.807) is 6.07 Å². The number of halogens is 1. The van der Waals surface area contributed by atoms with Crippen LogP contribution < -0.4 is 10.1 Å². The lowest BCUT2D eigenvalue weighted by Crippen LogP contribution is -2.36. The summed E-state index contributed by atoms with van der Waals surface area (Å²) in [6.45, 7) is 6.79. The molecule has 2 aromatic rings. The van der Waals surface area contributed by atoms with Crippen molar-refractivity contribution in [1.82, 2.24) is 10.2 Å². The number of carbonyl (C=O) groups excluding carboxylic acids is 1. The molecule has 3 rings (SSSR count). The molecule has 4 nitrogen and oxygen atoms in total. The molecule has 0 bridgehead atoms. The highest BCUT2D eigenvalue weighted by Crippen LogP contribution is 2.19. The molecule has 1 aliphatic heterocycles. The number of nitrogens with one attached hydrogen (secondary N) is 1. The molecule has 5 heteroatoms. The molecule has 1 saturated heterocycles. The number of piperidine rings is 1. The average Bonchev–Trinajstić information content (AvgIpc) is 2.71. The van der Waals surface area contributed by atoms with Crippen LogP contribution in [0.2, 0.25) is 5.02 Å². The zero-order chi connectivity index (χ0) is 19.8. The van der Waals surface area contributed by atoms with Gasteiger partial charge in [0.2, 0.25) is 0 Å². The molecule has 1 amide bonds. The lowest BCUT2D eigenvalue weighted by Gasteiger charge is -2.30. The van der Waals surface area contributed by atoms with Crippen LogP contribution in [-0.4, -0.2) is 37.0 Å². The molecule has 1 aliphatic rings. The second-order valence-electron chi connectivity index (χ2n) is 7.57. The third kappa shape index (κ3) is 6.25. The summed E-state index contributed by atoms with van der Waals surface area (Å²) in [7, 11) is 0. The van der Waals surface area contributed by atoms with Crippen molar-refractivity contribution in [3.05, 3.63) is 64.7 Å². The van der Waals surface area contributed by atoms with Gasteiger partial charge in [0.25, 0.3) is 5.91 Å². The maximum atomic E-state index is 12.4. The van der Waals surface area contributed by atoms with Crippen LogP contribution in [0.1, 0.15) is 42.1 Å². The van der Waals surface area contributed by atoms with E-state index in [0.29, 0.717) is 29.5 Å². The van der Waals surface area contributed by atoms with Crippen LogP contribution in [0, 0.1) is 5.92 Å². The summed E-state index contributed by atoms with van der Waals surface area (Å²) >= 11 is 6.16. The summed E-state index contributed by atoms with van der Waals surface area (Å²) in [4.78, 5) is 14.9. The second kappa shape index (κ2) is 10.5. The first-order valence-electron chi connectivity index (χ1n) is 10.1. The minimum atomic E-state index is -0.0600. The predicted octanol–water partition coefficient (Wildman–Crippen LogP) is 4.77. The Labute approximate surface area is 172 Å². The van der Waals surface area contributed by atoms with Crippen LogP contribution in [0.5, 0.6) is 5.75 Å². The zero-order valence-corrected chi connectivity index (χ0v) is 17.3. The van der Waals surface area contributed by atoms with E-state index in [4.69, 9.17) is 16.3 Å². The summed E-state index contributed by atoms with van der Waals surface area (Å²) in [6.07, 6.45) is 3.60. The third-order valence-corrected chi connectivity index (χ3v) is 5.49. The van der Waals surface area contributed by atoms with Crippen molar-refractivity contribution in [2.75, 3.05) is 26.2 Å². The Morgan fingerprint density at radius 3 is 2.93 bits per heavy atom. The maximum Gasteiger partial charge on any atom is 0.251 e. The molecule has 0 aromatic heterocycles. The molecule has 2 aromatic carbocycles. The Kier molecular flexibility index (Phi) is 7.75. The van der Waals surface area contributed by atoms with Gasteiger partial charge < -0.3 is 15.0 Å². The number of nitrogens with zero attached hydrogens (tertiary/aromatic N) is 1. The molecule has 0 saturated carbocycles. The Balaban J connectivity index is 1.43. The molecule has 1 N–H and O–H groups in total. The van der Waals surface area contributed by atoms with Crippen LogP contribution >= 0.6 is 11.6 Å². The van der Waals surface area contributed by atoms with Crippen LogP contribution in [0.3, 0.4) is 0 Å². The number of amides is 1. The minimum Gasteiger partial charge on any atom is -0.489 e. The van der Waals surface area contributed by atoms with Gasteiger partial charge in [0, 0.05) is 29.2 Å². The normalized spacial score (nSPS) is 17.3. The number of likely N-dealkylation sites (tertiary alicyclic amines) is 1. The van der Waals surface area contributed by atoms with Gasteiger partial charge in [-0.3, -0.25) is 4.79 Å². The molecule has 1 fully saturated rings. The van der Waals surface area contributed by atoms with Gasteiger partial charge in [0.05, 0.1) is 0 Å². The fraction of sp³-hybridized carbons (Fsp3) is 0.435. The predicted molar refractivity (Wildman–Crippen MR) is 114 cm³/mol. The summed E-state index contributed by atoms with van der Waals surface area (Å²) in [5, 5.41) is 3.70. The number of hydrogen-bond donors (Lipinski definition) is 1. The van der Waals surface area contributed by atoms with Crippen LogP contribution in [-0.2, 0) is 6.61 Å². The third-order valence-electron chi connectivity index (χ3n) is 5.13. The van der Waals surface area contributed by atoms with E-state index >= 15 is 0 Å². The van der Waals surface area contributed by atoms with Gasteiger partial charge in [-0.15, -0.1) is 0 Å².